The summed E-state index contributed by atoms with van der Waals surface area (Å²) >= 11 is 0. The molecule has 0 amide bonds. The second kappa shape index (κ2) is 4.97. The molecule has 1 rings (SSSR count). The van der Waals surface area contributed by atoms with Crippen LogP contribution in [0.15, 0.2) is 42.5 Å². The van der Waals surface area contributed by atoms with E-state index in [1.165, 1.54) is 18.2 Å². The summed E-state index contributed by atoms with van der Waals surface area (Å²) in [4.78, 5) is 10.1. The van der Waals surface area contributed by atoms with Gasteiger partial charge < -0.3 is 5.11 Å². The zero-order valence-electron chi connectivity index (χ0n) is 7.35. The van der Waals surface area contributed by atoms with E-state index in [9.17, 15) is 9.18 Å². The Kier molecular flexibility index (Phi) is 3.61. The first-order valence-electron chi connectivity index (χ1n) is 4.02. The monoisotopic (exact) mass is 192 g/mol. The highest BCUT2D eigenvalue weighted by molar-refractivity contribution is 5.80. The molecule has 3 heteroatoms. The van der Waals surface area contributed by atoms with Crippen LogP contribution in [0.4, 0.5) is 4.39 Å². The van der Waals surface area contributed by atoms with Crippen molar-refractivity contribution in [2.75, 3.05) is 0 Å². The Morgan fingerprint density at radius 2 is 1.86 bits per heavy atom. The molecular formula is C11H9FO2. The summed E-state index contributed by atoms with van der Waals surface area (Å²) < 4.78 is 12.5. The lowest BCUT2D eigenvalue weighted by Gasteiger charge is -1.90. The molecule has 1 aromatic carbocycles. The molecule has 14 heavy (non-hydrogen) atoms. The molecule has 0 aromatic heterocycles. The van der Waals surface area contributed by atoms with Crippen LogP contribution in [0.25, 0.3) is 6.08 Å². The lowest BCUT2D eigenvalue weighted by molar-refractivity contribution is -0.131. The van der Waals surface area contributed by atoms with Crippen molar-refractivity contribution in [3.63, 3.8) is 0 Å². The SMILES string of the molecule is O=C(O)C=CC=Cc1ccc(F)cc1. The van der Waals surface area contributed by atoms with E-state index in [1.807, 2.05) is 0 Å². The summed E-state index contributed by atoms with van der Waals surface area (Å²) in [6.45, 7) is 0. The third-order valence-electron chi connectivity index (χ3n) is 1.51. The summed E-state index contributed by atoms with van der Waals surface area (Å²) in [6, 6.07) is 5.92. The van der Waals surface area contributed by atoms with Crippen LogP contribution >= 0.6 is 0 Å². The van der Waals surface area contributed by atoms with E-state index in [2.05, 4.69) is 0 Å². The van der Waals surface area contributed by atoms with Crippen LogP contribution < -0.4 is 0 Å². The standard InChI is InChI=1S/C11H9FO2/c12-10-7-5-9(6-8-10)3-1-2-4-11(13)14/h1-8H,(H,13,14). The van der Waals surface area contributed by atoms with Gasteiger partial charge in [0.05, 0.1) is 0 Å². The van der Waals surface area contributed by atoms with Gasteiger partial charge in [0.2, 0.25) is 0 Å². The van der Waals surface area contributed by atoms with Gasteiger partial charge in [0.1, 0.15) is 5.82 Å². The minimum Gasteiger partial charge on any atom is -0.478 e. The van der Waals surface area contributed by atoms with Crippen molar-refractivity contribution in [2.45, 2.75) is 0 Å². The molecule has 0 aliphatic carbocycles. The minimum atomic E-state index is -0.992. The molecule has 0 fully saturated rings. The average Bonchev–Trinajstić information content (AvgIpc) is 2.15. The molecule has 0 heterocycles. The topological polar surface area (TPSA) is 37.3 Å². The number of carbonyl (C=O) groups is 1. The fourth-order valence-corrected chi connectivity index (χ4v) is 0.878. The predicted molar refractivity (Wildman–Crippen MR) is 52.2 cm³/mol. The highest BCUT2D eigenvalue weighted by atomic mass is 19.1. The molecule has 0 aliphatic heterocycles. The van der Waals surface area contributed by atoms with Crippen LogP contribution in [-0.4, -0.2) is 11.1 Å². The Morgan fingerprint density at radius 3 is 2.43 bits per heavy atom. The molecule has 0 radical (unpaired) electrons. The van der Waals surface area contributed by atoms with Crippen LogP contribution in [0.1, 0.15) is 5.56 Å². The van der Waals surface area contributed by atoms with E-state index in [0.717, 1.165) is 11.6 Å². The molecule has 1 N–H and O–H groups in total. The van der Waals surface area contributed by atoms with Crippen molar-refractivity contribution in [3.05, 3.63) is 53.9 Å². The Labute approximate surface area is 81.0 Å². The maximum Gasteiger partial charge on any atom is 0.328 e. The van der Waals surface area contributed by atoms with E-state index >= 15 is 0 Å². The van der Waals surface area contributed by atoms with Gasteiger partial charge in [0.25, 0.3) is 0 Å². The number of hydrogen-bond donors (Lipinski definition) is 1. The molecule has 0 unspecified atom stereocenters. The lowest BCUT2D eigenvalue weighted by atomic mass is 10.2. The number of aliphatic carboxylic acids is 1. The number of benzene rings is 1. The normalized spacial score (nSPS) is 11.2. The highest BCUT2D eigenvalue weighted by Gasteiger charge is 1.87. The first-order valence-corrected chi connectivity index (χ1v) is 4.02. The number of allylic oxidation sites excluding steroid dienone is 2. The Morgan fingerprint density at radius 1 is 1.21 bits per heavy atom. The summed E-state index contributed by atoms with van der Waals surface area (Å²) in [7, 11) is 0. The summed E-state index contributed by atoms with van der Waals surface area (Å²) in [5.41, 5.74) is 0.821. The first kappa shape index (κ1) is 10.2. The fraction of sp³-hybridized carbons (Fsp3) is 0. The van der Waals surface area contributed by atoms with Crippen molar-refractivity contribution in [1.82, 2.24) is 0 Å². The molecule has 0 bridgehead atoms. The molecule has 0 atom stereocenters. The molecular weight excluding hydrogens is 183 g/mol. The van der Waals surface area contributed by atoms with E-state index in [4.69, 9.17) is 5.11 Å². The molecule has 0 saturated carbocycles. The third-order valence-corrected chi connectivity index (χ3v) is 1.51. The predicted octanol–water partition coefficient (Wildman–Crippen LogP) is 2.48. The molecule has 0 aliphatic rings. The van der Waals surface area contributed by atoms with E-state index in [-0.39, 0.29) is 5.82 Å². The van der Waals surface area contributed by atoms with Gasteiger partial charge in [-0.2, -0.15) is 0 Å². The van der Waals surface area contributed by atoms with Crippen LogP contribution in [0, 0.1) is 5.82 Å². The van der Waals surface area contributed by atoms with Crippen LogP contribution in [0.3, 0.4) is 0 Å². The maximum atomic E-state index is 12.5. The van der Waals surface area contributed by atoms with Crippen molar-refractivity contribution in [2.24, 2.45) is 0 Å². The van der Waals surface area contributed by atoms with Crippen LogP contribution in [0.5, 0.6) is 0 Å². The first-order chi connectivity index (χ1) is 6.68. The van der Waals surface area contributed by atoms with Gasteiger partial charge in [-0.05, 0) is 17.7 Å². The third kappa shape index (κ3) is 3.67. The Balaban J connectivity index is 2.60. The Bertz CT molecular complexity index is 363. The second-order valence-electron chi connectivity index (χ2n) is 2.61. The van der Waals surface area contributed by atoms with Crippen molar-refractivity contribution in [1.29, 1.82) is 0 Å². The van der Waals surface area contributed by atoms with Gasteiger partial charge >= 0.3 is 5.97 Å². The van der Waals surface area contributed by atoms with Gasteiger partial charge in [-0.3, -0.25) is 0 Å². The van der Waals surface area contributed by atoms with E-state index < -0.39 is 5.97 Å². The van der Waals surface area contributed by atoms with Gasteiger partial charge in [-0.1, -0.05) is 30.4 Å². The molecule has 0 saturated heterocycles. The maximum absolute atomic E-state index is 12.5. The number of rotatable bonds is 3. The largest absolute Gasteiger partial charge is 0.478 e. The van der Waals surface area contributed by atoms with Gasteiger partial charge in [0.15, 0.2) is 0 Å². The fourth-order valence-electron chi connectivity index (χ4n) is 0.878. The zero-order valence-corrected chi connectivity index (χ0v) is 7.35. The number of carboxylic acids is 1. The van der Waals surface area contributed by atoms with Gasteiger partial charge in [0, 0.05) is 6.08 Å². The van der Waals surface area contributed by atoms with E-state index in [1.54, 1.807) is 24.3 Å². The average molecular weight is 192 g/mol. The zero-order chi connectivity index (χ0) is 10.4. The van der Waals surface area contributed by atoms with Crippen molar-refractivity contribution >= 4 is 12.0 Å². The van der Waals surface area contributed by atoms with Gasteiger partial charge in [-0.25, -0.2) is 9.18 Å². The smallest absolute Gasteiger partial charge is 0.328 e. The van der Waals surface area contributed by atoms with Crippen molar-refractivity contribution in [3.8, 4) is 0 Å². The summed E-state index contributed by atoms with van der Waals surface area (Å²) in [5, 5.41) is 8.28. The van der Waals surface area contributed by atoms with Crippen LogP contribution in [0.2, 0.25) is 0 Å². The minimum absolute atomic E-state index is 0.289. The van der Waals surface area contributed by atoms with Crippen molar-refractivity contribution < 1.29 is 14.3 Å². The number of halogens is 1. The van der Waals surface area contributed by atoms with E-state index in [0.29, 0.717) is 0 Å². The lowest BCUT2D eigenvalue weighted by Crippen LogP contribution is -1.84. The summed E-state index contributed by atoms with van der Waals surface area (Å²) in [5.74, 6) is -1.28. The number of hydrogen-bond acceptors (Lipinski definition) is 1. The van der Waals surface area contributed by atoms with Gasteiger partial charge in [-0.15, -0.1) is 0 Å². The second-order valence-corrected chi connectivity index (χ2v) is 2.61. The Hall–Kier alpha value is -1.90. The molecule has 1 aromatic rings. The molecule has 0 spiro atoms. The summed E-state index contributed by atoms with van der Waals surface area (Å²) in [6.07, 6.45) is 5.71. The number of carboxylic acid groups (broad SMARTS) is 1. The highest BCUT2D eigenvalue weighted by Crippen LogP contribution is 2.04. The molecule has 72 valence electrons. The molecule has 2 nitrogen and oxygen atoms in total. The van der Waals surface area contributed by atoms with Crippen LogP contribution in [-0.2, 0) is 4.79 Å². The quantitative estimate of drug-likeness (QED) is 0.590.